The molecule has 0 aliphatic carbocycles. The van der Waals surface area contributed by atoms with Crippen LogP contribution in [0.25, 0.3) is 0 Å². The fourth-order valence-electron chi connectivity index (χ4n) is 1.26. The number of amides is 1. The molecule has 1 rings (SSSR count). The van der Waals surface area contributed by atoms with Crippen LogP contribution in [-0.2, 0) is 6.54 Å². The quantitative estimate of drug-likeness (QED) is 0.891. The monoisotopic (exact) mass is 275 g/mol. The number of carbonyl (C=O) groups is 1. The van der Waals surface area contributed by atoms with E-state index in [4.69, 9.17) is 4.52 Å². The third-order valence-corrected chi connectivity index (χ3v) is 2.79. The zero-order valence-electron chi connectivity index (χ0n) is 11.8. The number of nitrogens with one attached hydrogen (secondary N) is 1. The van der Waals surface area contributed by atoms with Gasteiger partial charge in [-0.15, -0.1) is 0 Å². The summed E-state index contributed by atoms with van der Waals surface area (Å²) in [5.74, 6) is -3.23. The molecule has 0 saturated carbocycles. The molecule has 0 saturated heterocycles. The Labute approximate surface area is 110 Å². The standard InChI is InChI=1S/C12H19F2N3O2/c1-11(2,12(3,13)14)15-10(18)9-6-8(19-16-9)7-17(4)5/h6H,7H2,1-5H3,(H,15,18). The Bertz CT molecular complexity index is 450. The minimum Gasteiger partial charge on any atom is -0.359 e. The van der Waals surface area contributed by atoms with Gasteiger partial charge in [0.25, 0.3) is 11.8 Å². The molecular formula is C12H19F2N3O2. The third kappa shape index (κ3) is 3.99. The van der Waals surface area contributed by atoms with E-state index in [1.54, 1.807) is 0 Å². The molecule has 0 spiro atoms. The molecule has 0 radical (unpaired) electrons. The van der Waals surface area contributed by atoms with Crippen LogP contribution < -0.4 is 5.32 Å². The van der Waals surface area contributed by atoms with Crippen LogP contribution in [0.15, 0.2) is 10.6 Å². The van der Waals surface area contributed by atoms with Gasteiger partial charge in [-0.3, -0.25) is 4.79 Å². The highest BCUT2D eigenvalue weighted by Crippen LogP contribution is 2.27. The summed E-state index contributed by atoms with van der Waals surface area (Å²) < 4.78 is 31.5. The number of hydrogen-bond acceptors (Lipinski definition) is 4. The van der Waals surface area contributed by atoms with Crippen LogP contribution in [0.3, 0.4) is 0 Å². The average molecular weight is 275 g/mol. The molecule has 7 heteroatoms. The van der Waals surface area contributed by atoms with E-state index >= 15 is 0 Å². The molecule has 0 aromatic carbocycles. The van der Waals surface area contributed by atoms with Crippen LogP contribution in [0.5, 0.6) is 0 Å². The van der Waals surface area contributed by atoms with Gasteiger partial charge in [0.15, 0.2) is 11.5 Å². The maximum absolute atomic E-state index is 13.3. The van der Waals surface area contributed by atoms with Gasteiger partial charge < -0.3 is 14.7 Å². The van der Waals surface area contributed by atoms with E-state index in [2.05, 4.69) is 10.5 Å². The lowest BCUT2D eigenvalue weighted by molar-refractivity contribution is -0.0548. The predicted octanol–water partition coefficient (Wildman–Crippen LogP) is 1.90. The van der Waals surface area contributed by atoms with Crippen LogP contribution in [0.2, 0.25) is 0 Å². The summed E-state index contributed by atoms with van der Waals surface area (Å²) in [6.07, 6.45) is 0. The first-order valence-electron chi connectivity index (χ1n) is 5.83. The zero-order valence-corrected chi connectivity index (χ0v) is 11.8. The van der Waals surface area contributed by atoms with Crippen molar-refractivity contribution in [3.05, 3.63) is 17.5 Å². The maximum Gasteiger partial charge on any atom is 0.274 e. The molecule has 0 aliphatic heterocycles. The molecule has 0 aliphatic rings. The topological polar surface area (TPSA) is 58.4 Å². The summed E-state index contributed by atoms with van der Waals surface area (Å²) in [6.45, 7) is 3.75. The molecule has 1 aromatic heterocycles. The first-order valence-corrected chi connectivity index (χ1v) is 5.83. The van der Waals surface area contributed by atoms with Gasteiger partial charge in [-0.2, -0.15) is 0 Å². The van der Waals surface area contributed by atoms with Crippen molar-refractivity contribution in [2.45, 2.75) is 38.8 Å². The molecule has 5 nitrogen and oxygen atoms in total. The van der Waals surface area contributed by atoms with Crippen LogP contribution in [-0.4, -0.2) is 41.5 Å². The highest BCUT2D eigenvalue weighted by Gasteiger charge is 2.43. The molecule has 0 atom stereocenters. The fraction of sp³-hybridized carbons (Fsp3) is 0.667. The fourth-order valence-corrected chi connectivity index (χ4v) is 1.26. The maximum atomic E-state index is 13.3. The Morgan fingerprint density at radius 3 is 2.47 bits per heavy atom. The first-order chi connectivity index (χ1) is 8.53. The molecular weight excluding hydrogens is 256 g/mol. The summed E-state index contributed by atoms with van der Waals surface area (Å²) in [4.78, 5) is 13.7. The summed E-state index contributed by atoms with van der Waals surface area (Å²) >= 11 is 0. The van der Waals surface area contributed by atoms with E-state index in [1.165, 1.54) is 19.9 Å². The van der Waals surface area contributed by atoms with Gasteiger partial charge in [-0.1, -0.05) is 5.16 Å². The lowest BCUT2D eigenvalue weighted by Crippen LogP contribution is -2.54. The Hall–Kier alpha value is -1.50. The normalized spacial score (nSPS) is 12.8. The number of carbonyl (C=O) groups excluding carboxylic acids is 1. The second-order valence-electron chi connectivity index (χ2n) is 5.38. The van der Waals surface area contributed by atoms with Crippen molar-refractivity contribution >= 4 is 5.91 Å². The SMILES string of the molecule is CN(C)Cc1cc(C(=O)NC(C)(C)C(C)(F)F)no1. The molecule has 1 N–H and O–H groups in total. The van der Waals surface area contributed by atoms with Crippen molar-refractivity contribution < 1.29 is 18.1 Å². The molecule has 0 unspecified atom stereocenters. The Morgan fingerprint density at radius 2 is 2.00 bits per heavy atom. The van der Waals surface area contributed by atoms with Crippen LogP contribution in [0.4, 0.5) is 8.78 Å². The second-order valence-corrected chi connectivity index (χ2v) is 5.38. The first kappa shape index (κ1) is 15.6. The second kappa shape index (κ2) is 5.24. The Kier molecular flexibility index (Phi) is 4.29. The number of nitrogens with zero attached hydrogens (tertiary/aromatic N) is 2. The van der Waals surface area contributed by atoms with Gasteiger partial charge in [0.05, 0.1) is 12.1 Å². The molecule has 0 fully saturated rings. The number of hydrogen-bond donors (Lipinski definition) is 1. The number of alkyl halides is 2. The van der Waals surface area contributed by atoms with Gasteiger partial charge in [0, 0.05) is 13.0 Å². The highest BCUT2D eigenvalue weighted by atomic mass is 19.3. The van der Waals surface area contributed by atoms with Gasteiger partial charge >= 0.3 is 0 Å². The van der Waals surface area contributed by atoms with Crippen molar-refractivity contribution in [2.24, 2.45) is 0 Å². The van der Waals surface area contributed by atoms with E-state index in [0.29, 0.717) is 12.3 Å². The van der Waals surface area contributed by atoms with Crippen molar-refractivity contribution in [3.63, 3.8) is 0 Å². The summed E-state index contributed by atoms with van der Waals surface area (Å²) in [6, 6.07) is 1.44. The minimum absolute atomic E-state index is 0.00539. The van der Waals surface area contributed by atoms with Crippen LogP contribution >= 0.6 is 0 Å². The van der Waals surface area contributed by atoms with Gasteiger partial charge in [0.2, 0.25) is 0 Å². The van der Waals surface area contributed by atoms with Gasteiger partial charge in [-0.25, -0.2) is 8.78 Å². The highest BCUT2D eigenvalue weighted by molar-refractivity contribution is 5.92. The van der Waals surface area contributed by atoms with E-state index in [-0.39, 0.29) is 5.69 Å². The van der Waals surface area contributed by atoms with Crippen molar-refractivity contribution in [3.8, 4) is 0 Å². The van der Waals surface area contributed by atoms with Crippen LogP contribution in [0, 0.1) is 0 Å². The predicted molar refractivity (Wildman–Crippen MR) is 66.1 cm³/mol. The summed E-state index contributed by atoms with van der Waals surface area (Å²) in [5, 5.41) is 5.83. The smallest absolute Gasteiger partial charge is 0.274 e. The van der Waals surface area contributed by atoms with Gasteiger partial charge in [-0.05, 0) is 27.9 Å². The average Bonchev–Trinajstić information content (AvgIpc) is 2.62. The lowest BCUT2D eigenvalue weighted by atomic mass is 9.97. The number of halogens is 2. The minimum atomic E-state index is -3.04. The van der Waals surface area contributed by atoms with Crippen molar-refractivity contribution in [1.82, 2.24) is 15.4 Å². The van der Waals surface area contributed by atoms with Gasteiger partial charge in [0.1, 0.15) is 0 Å². The summed E-state index contributed by atoms with van der Waals surface area (Å²) in [7, 11) is 3.67. The van der Waals surface area contributed by atoms with E-state index in [9.17, 15) is 13.6 Å². The van der Waals surface area contributed by atoms with E-state index < -0.39 is 17.4 Å². The number of rotatable bonds is 5. The molecule has 19 heavy (non-hydrogen) atoms. The zero-order chi connectivity index (χ0) is 14.8. The third-order valence-electron chi connectivity index (χ3n) is 2.79. The molecule has 0 bridgehead atoms. The van der Waals surface area contributed by atoms with Crippen molar-refractivity contribution in [2.75, 3.05) is 14.1 Å². The lowest BCUT2D eigenvalue weighted by Gasteiger charge is -2.31. The van der Waals surface area contributed by atoms with E-state index in [1.807, 2.05) is 19.0 Å². The Balaban J connectivity index is 2.76. The number of aromatic nitrogens is 1. The molecule has 1 heterocycles. The Morgan fingerprint density at radius 1 is 1.42 bits per heavy atom. The van der Waals surface area contributed by atoms with Crippen molar-refractivity contribution in [1.29, 1.82) is 0 Å². The molecule has 1 amide bonds. The van der Waals surface area contributed by atoms with Crippen LogP contribution in [0.1, 0.15) is 37.0 Å². The van der Waals surface area contributed by atoms with E-state index in [0.717, 1.165) is 6.92 Å². The summed E-state index contributed by atoms with van der Waals surface area (Å²) in [5.41, 5.74) is -1.67. The molecule has 108 valence electrons. The molecule has 1 aromatic rings. The largest absolute Gasteiger partial charge is 0.359 e.